The van der Waals surface area contributed by atoms with E-state index < -0.39 is 18.8 Å². The number of aliphatic hydroxyl groups excluding tert-OH is 1. The molecular formula is C8H8F3NO2. The van der Waals surface area contributed by atoms with Gasteiger partial charge in [-0.05, 0) is 13.0 Å². The van der Waals surface area contributed by atoms with Crippen LogP contribution in [0.5, 0.6) is 5.88 Å². The first-order valence-electron chi connectivity index (χ1n) is 3.75. The van der Waals surface area contributed by atoms with Crippen molar-refractivity contribution in [3.8, 4) is 5.88 Å². The van der Waals surface area contributed by atoms with Crippen molar-refractivity contribution in [1.29, 1.82) is 0 Å². The highest BCUT2D eigenvalue weighted by molar-refractivity contribution is 5.26. The third-order valence-electron chi connectivity index (χ3n) is 1.48. The Morgan fingerprint density at radius 2 is 2.07 bits per heavy atom. The molecule has 0 unspecified atom stereocenters. The largest absolute Gasteiger partial charge is 0.574 e. The zero-order valence-corrected chi connectivity index (χ0v) is 7.30. The van der Waals surface area contributed by atoms with Crippen LogP contribution in [0.4, 0.5) is 13.2 Å². The van der Waals surface area contributed by atoms with E-state index in [1.165, 1.54) is 19.1 Å². The van der Waals surface area contributed by atoms with Crippen LogP contribution in [-0.2, 0) is 6.61 Å². The molecule has 0 aromatic carbocycles. The van der Waals surface area contributed by atoms with Crippen LogP contribution in [-0.4, -0.2) is 16.5 Å². The number of hydrogen-bond acceptors (Lipinski definition) is 3. The van der Waals surface area contributed by atoms with E-state index in [0.29, 0.717) is 0 Å². The lowest BCUT2D eigenvalue weighted by atomic mass is 10.2. The molecule has 0 aliphatic rings. The summed E-state index contributed by atoms with van der Waals surface area (Å²) in [7, 11) is 0. The summed E-state index contributed by atoms with van der Waals surface area (Å²) in [6.45, 7) is 1.02. The zero-order chi connectivity index (χ0) is 10.8. The molecule has 0 atom stereocenters. The maximum absolute atomic E-state index is 11.8. The summed E-state index contributed by atoms with van der Waals surface area (Å²) in [4.78, 5) is 3.48. The Hall–Kier alpha value is -1.30. The Morgan fingerprint density at radius 1 is 1.43 bits per heavy atom. The summed E-state index contributed by atoms with van der Waals surface area (Å²) in [6, 6.07) is 2.83. The summed E-state index contributed by atoms with van der Waals surface area (Å²) in [5.74, 6) is -0.524. The fraction of sp³-hybridized carbons (Fsp3) is 0.375. The summed E-state index contributed by atoms with van der Waals surface area (Å²) >= 11 is 0. The van der Waals surface area contributed by atoms with Crippen molar-refractivity contribution >= 4 is 0 Å². The molecule has 1 rings (SSSR count). The lowest BCUT2D eigenvalue weighted by molar-refractivity contribution is -0.276. The van der Waals surface area contributed by atoms with E-state index in [0.717, 1.165) is 0 Å². The van der Waals surface area contributed by atoms with Crippen molar-refractivity contribution in [3.63, 3.8) is 0 Å². The number of nitrogens with zero attached hydrogens (tertiary/aromatic N) is 1. The third-order valence-corrected chi connectivity index (χ3v) is 1.48. The fourth-order valence-corrected chi connectivity index (χ4v) is 0.849. The number of aliphatic hydroxyl groups is 1. The quantitative estimate of drug-likeness (QED) is 0.803. The van der Waals surface area contributed by atoms with Crippen molar-refractivity contribution < 1.29 is 23.0 Å². The number of pyridine rings is 1. The smallest absolute Gasteiger partial charge is 0.390 e. The zero-order valence-electron chi connectivity index (χ0n) is 7.30. The molecule has 1 N–H and O–H groups in total. The topological polar surface area (TPSA) is 42.4 Å². The van der Waals surface area contributed by atoms with Crippen molar-refractivity contribution in [2.75, 3.05) is 0 Å². The second-order valence-electron chi connectivity index (χ2n) is 2.63. The van der Waals surface area contributed by atoms with Crippen molar-refractivity contribution in [2.45, 2.75) is 19.9 Å². The highest BCUT2D eigenvalue weighted by Crippen LogP contribution is 2.23. The van der Waals surface area contributed by atoms with E-state index in [1.807, 2.05) is 0 Å². The normalized spacial score (nSPS) is 11.5. The Balaban J connectivity index is 2.95. The van der Waals surface area contributed by atoms with Crippen LogP contribution < -0.4 is 4.74 Å². The average molecular weight is 207 g/mol. The molecule has 0 fully saturated rings. The molecule has 0 radical (unpaired) electrons. The fourth-order valence-electron chi connectivity index (χ4n) is 0.849. The number of hydrogen-bond donors (Lipinski definition) is 1. The molecule has 1 aromatic heterocycles. The van der Waals surface area contributed by atoms with Gasteiger partial charge in [0.05, 0.1) is 12.3 Å². The Morgan fingerprint density at radius 3 is 2.57 bits per heavy atom. The molecule has 78 valence electrons. The molecule has 1 heterocycles. The molecule has 0 aliphatic carbocycles. The van der Waals surface area contributed by atoms with Crippen LogP contribution in [0.15, 0.2) is 12.1 Å². The number of alkyl halides is 3. The molecule has 0 bridgehead atoms. The van der Waals surface area contributed by atoms with Gasteiger partial charge in [0.25, 0.3) is 0 Å². The van der Waals surface area contributed by atoms with E-state index in [1.54, 1.807) is 0 Å². The predicted octanol–water partition coefficient (Wildman–Crippen LogP) is 1.78. The van der Waals surface area contributed by atoms with Gasteiger partial charge in [0.1, 0.15) is 0 Å². The molecule has 1 aromatic rings. The molecule has 0 amide bonds. The predicted molar refractivity (Wildman–Crippen MR) is 41.6 cm³/mol. The van der Waals surface area contributed by atoms with Crippen molar-refractivity contribution in [3.05, 3.63) is 23.4 Å². The first-order valence-corrected chi connectivity index (χ1v) is 3.75. The monoisotopic (exact) mass is 207 g/mol. The van der Waals surface area contributed by atoms with Gasteiger partial charge in [-0.2, -0.15) is 0 Å². The molecule has 0 aliphatic heterocycles. The van der Waals surface area contributed by atoms with Crippen LogP contribution in [0.3, 0.4) is 0 Å². The summed E-state index contributed by atoms with van der Waals surface area (Å²) in [6.07, 6.45) is -4.76. The van der Waals surface area contributed by atoms with Crippen LogP contribution in [0.1, 0.15) is 11.3 Å². The van der Waals surface area contributed by atoms with E-state index in [2.05, 4.69) is 9.72 Å². The van der Waals surface area contributed by atoms with Gasteiger partial charge in [0.2, 0.25) is 5.88 Å². The standard InChI is InChI=1S/C8H8F3NO2/c1-5-2-3-6(4-13)12-7(5)14-8(9,10)11/h2-3,13H,4H2,1H3. The van der Waals surface area contributed by atoms with E-state index in [-0.39, 0.29) is 11.3 Å². The first-order chi connectivity index (χ1) is 6.42. The van der Waals surface area contributed by atoms with Gasteiger partial charge >= 0.3 is 6.36 Å². The summed E-state index contributed by atoms with van der Waals surface area (Å²) in [5.41, 5.74) is 0.398. The lowest BCUT2D eigenvalue weighted by Crippen LogP contribution is -2.19. The van der Waals surface area contributed by atoms with Gasteiger partial charge in [0.15, 0.2) is 0 Å². The summed E-state index contributed by atoms with van der Waals surface area (Å²) in [5, 5.41) is 8.65. The Labute approximate surface area is 78.2 Å². The van der Waals surface area contributed by atoms with Crippen LogP contribution >= 0.6 is 0 Å². The molecule has 3 nitrogen and oxygen atoms in total. The SMILES string of the molecule is Cc1ccc(CO)nc1OC(F)(F)F. The van der Waals surface area contributed by atoms with E-state index >= 15 is 0 Å². The van der Waals surface area contributed by atoms with Crippen LogP contribution in [0, 0.1) is 6.92 Å². The van der Waals surface area contributed by atoms with Gasteiger partial charge < -0.3 is 9.84 Å². The number of aromatic nitrogens is 1. The molecule has 0 saturated heterocycles. The molecule has 0 spiro atoms. The molecule has 14 heavy (non-hydrogen) atoms. The maximum atomic E-state index is 11.8. The maximum Gasteiger partial charge on any atom is 0.574 e. The number of halogens is 3. The van der Waals surface area contributed by atoms with Crippen molar-refractivity contribution in [1.82, 2.24) is 4.98 Å². The molecule has 6 heteroatoms. The van der Waals surface area contributed by atoms with E-state index in [9.17, 15) is 13.2 Å². The van der Waals surface area contributed by atoms with Gasteiger partial charge in [-0.1, -0.05) is 6.07 Å². The van der Waals surface area contributed by atoms with Crippen LogP contribution in [0.25, 0.3) is 0 Å². The minimum atomic E-state index is -4.76. The lowest BCUT2D eigenvalue weighted by Gasteiger charge is -2.10. The average Bonchev–Trinajstić information content (AvgIpc) is 2.06. The minimum Gasteiger partial charge on any atom is -0.390 e. The highest BCUT2D eigenvalue weighted by atomic mass is 19.4. The Bertz CT molecular complexity index is 325. The number of rotatable bonds is 2. The summed E-state index contributed by atoms with van der Waals surface area (Å²) < 4.78 is 39.1. The van der Waals surface area contributed by atoms with Crippen molar-refractivity contribution in [2.24, 2.45) is 0 Å². The van der Waals surface area contributed by atoms with E-state index in [4.69, 9.17) is 5.11 Å². The second-order valence-corrected chi connectivity index (χ2v) is 2.63. The van der Waals surface area contributed by atoms with Gasteiger partial charge in [-0.3, -0.25) is 0 Å². The molecule has 0 saturated carbocycles. The third kappa shape index (κ3) is 2.88. The second kappa shape index (κ2) is 3.83. The number of ether oxygens (including phenoxy) is 1. The Kier molecular flexibility index (Phi) is 2.95. The van der Waals surface area contributed by atoms with Gasteiger partial charge in [-0.25, -0.2) is 4.98 Å². The molecular weight excluding hydrogens is 199 g/mol. The highest BCUT2D eigenvalue weighted by Gasteiger charge is 2.32. The van der Waals surface area contributed by atoms with Crippen LogP contribution in [0.2, 0.25) is 0 Å². The number of aryl methyl sites for hydroxylation is 1. The first kappa shape index (κ1) is 10.8. The minimum absolute atomic E-state index is 0.134. The van der Waals surface area contributed by atoms with Gasteiger partial charge in [-0.15, -0.1) is 13.2 Å². The van der Waals surface area contributed by atoms with Gasteiger partial charge in [0, 0.05) is 5.56 Å².